The Hall–Kier alpha value is -0.361. The summed E-state index contributed by atoms with van der Waals surface area (Å²) >= 11 is 0. The summed E-state index contributed by atoms with van der Waals surface area (Å²) in [5.74, 6) is 0. The lowest BCUT2D eigenvalue weighted by molar-refractivity contribution is 0.426. The van der Waals surface area contributed by atoms with Crippen molar-refractivity contribution < 1.29 is 10.0 Å². The first kappa shape index (κ1) is 14.7. The highest BCUT2D eigenvalue weighted by Crippen LogP contribution is 2.05. The molecule has 0 aliphatic rings. The molecule has 2 nitrogen and oxygen atoms in total. The van der Waals surface area contributed by atoms with Gasteiger partial charge in [0.05, 0.1) is 16.1 Å². The number of hydrogen-bond acceptors (Lipinski definition) is 2. The molecule has 0 aliphatic heterocycles. The molecule has 94 valence electrons. The van der Waals surface area contributed by atoms with Gasteiger partial charge in [0, 0.05) is 0 Å². The van der Waals surface area contributed by atoms with Crippen molar-refractivity contribution in [2.75, 3.05) is 0 Å². The fraction of sp³-hybridized carbons (Fsp3) is 0.500. The minimum absolute atomic E-state index is 0.641. The Kier molecular flexibility index (Phi) is 4.08. The van der Waals surface area contributed by atoms with Crippen LogP contribution in [0.5, 0.6) is 0 Å². The summed E-state index contributed by atoms with van der Waals surface area (Å²) in [4.78, 5) is 0. The number of hydrogen-bond donors (Lipinski definition) is 2. The van der Waals surface area contributed by atoms with E-state index in [1.165, 1.54) is 10.4 Å². The summed E-state index contributed by atoms with van der Waals surface area (Å²) in [6.07, 6.45) is 0. The van der Waals surface area contributed by atoms with Crippen molar-refractivity contribution in [3.05, 3.63) is 18.2 Å². The van der Waals surface area contributed by atoms with Crippen LogP contribution >= 0.6 is 0 Å². The van der Waals surface area contributed by atoms with Gasteiger partial charge in [0.1, 0.15) is 0 Å². The quantitative estimate of drug-likeness (QED) is 0.780. The molecule has 0 radical (unpaired) electrons. The molecule has 1 aromatic rings. The molecule has 0 heterocycles. The number of rotatable bonds is 3. The molecule has 1 aromatic carbocycles. The Labute approximate surface area is 107 Å². The largest absolute Gasteiger partial charge is 0.488 e. The number of benzene rings is 1. The van der Waals surface area contributed by atoms with Crippen LogP contribution in [0.15, 0.2) is 18.2 Å². The third-order valence-corrected chi connectivity index (χ3v) is 7.03. The molecule has 0 saturated heterocycles. The van der Waals surface area contributed by atoms with Crippen molar-refractivity contribution in [1.82, 2.24) is 0 Å². The second kappa shape index (κ2) is 4.72. The molecule has 0 atom stereocenters. The van der Waals surface area contributed by atoms with Crippen molar-refractivity contribution in [3.8, 4) is 0 Å². The van der Waals surface area contributed by atoms with Gasteiger partial charge < -0.3 is 10.0 Å². The molecule has 0 unspecified atom stereocenters. The van der Waals surface area contributed by atoms with Gasteiger partial charge in [-0.15, -0.1) is 0 Å². The van der Waals surface area contributed by atoms with Gasteiger partial charge in [-0.1, -0.05) is 67.9 Å². The molecular weight excluding hydrogens is 243 g/mol. The van der Waals surface area contributed by atoms with E-state index in [9.17, 15) is 10.0 Å². The first-order valence-corrected chi connectivity index (χ1v) is 13.0. The first-order chi connectivity index (χ1) is 7.51. The van der Waals surface area contributed by atoms with Crippen molar-refractivity contribution in [2.24, 2.45) is 0 Å². The fourth-order valence-corrected chi connectivity index (χ4v) is 4.19. The van der Waals surface area contributed by atoms with E-state index in [2.05, 4.69) is 45.3 Å². The van der Waals surface area contributed by atoms with Gasteiger partial charge >= 0.3 is 7.12 Å². The van der Waals surface area contributed by atoms with Crippen LogP contribution in [0, 0.1) is 0 Å². The monoisotopic (exact) mass is 266 g/mol. The average Bonchev–Trinajstić information content (AvgIpc) is 2.14. The predicted molar refractivity (Wildman–Crippen MR) is 82.2 cm³/mol. The molecule has 17 heavy (non-hydrogen) atoms. The summed E-state index contributed by atoms with van der Waals surface area (Å²) < 4.78 is 0. The molecule has 0 spiro atoms. The van der Waals surface area contributed by atoms with Gasteiger partial charge in [0.25, 0.3) is 0 Å². The van der Waals surface area contributed by atoms with Crippen LogP contribution in [0.25, 0.3) is 0 Å². The molecule has 0 fully saturated rings. The molecule has 0 aliphatic carbocycles. The van der Waals surface area contributed by atoms with Crippen LogP contribution in [-0.4, -0.2) is 33.3 Å². The summed E-state index contributed by atoms with van der Waals surface area (Å²) in [7, 11) is -4.20. The zero-order chi connectivity index (χ0) is 13.4. The van der Waals surface area contributed by atoms with E-state index in [0.717, 1.165) is 0 Å². The van der Waals surface area contributed by atoms with Crippen molar-refractivity contribution in [2.45, 2.75) is 39.3 Å². The summed E-state index contributed by atoms with van der Waals surface area (Å²) in [6, 6.07) is 6.20. The molecule has 0 amide bonds. The minimum Gasteiger partial charge on any atom is -0.423 e. The van der Waals surface area contributed by atoms with Gasteiger partial charge in [-0.05, 0) is 5.46 Å². The maximum atomic E-state index is 9.39. The third-order valence-electron chi connectivity index (χ3n) is 2.99. The first-order valence-electron chi connectivity index (χ1n) is 6.04. The van der Waals surface area contributed by atoms with Gasteiger partial charge in [0.15, 0.2) is 0 Å². The van der Waals surface area contributed by atoms with Crippen LogP contribution in [-0.2, 0) is 0 Å². The van der Waals surface area contributed by atoms with E-state index in [4.69, 9.17) is 0 Å². The van der Waals surface area contributed by atoms with Crippen LogP contribution < -0.4 is 15.8 Å². The minimum atomic E-state index is -1.42. The van der Waals surface area contributed by atoms with Gasteiger partial charge in [0.2, 0.25) is 0 Å². The third kappa shape index (κ3) is 3.81. The average molecular weight is 266 g/mol. The van der Waals surface area contributed by atoms with Gasteiger partial charge in [-0.25, -0.2) is 0 Å². The van der Waals surface area contributed by atoms with Crippen LogP contribution in [0.3, 0.4) is 0 Å². The second-order valence-corrected chi connectivity index (χ2v) is 16.9. The highest BCUT2D eigenvalue weighted by atomic mass is 28.3. The van der Waals surface area contributed by atoms with E-state index >= 15 is 0 Å². The molecule has 1 rings (SSSR count). The lowest BCUT2D eigenvalue weighted by Crippen LogP contribution is -2.49. The maximum Gasteiger partial charge on any atom is 0.488 e. The van der Waals surface area contributed by atoms with Crippen LogP contribution in [0.4, 0.5) is 0 Å². The van der Waals surface area contributed by atoms with Crippen molar-refractivity contribution in [3.63, 3.8) is 0 Å². The topological polar surface area (TPSA) is 40.5 Å². The second-order valence-electron chi connectivity index (χ2n) is 6.72. The Morgan fingerprint density at radius 1 is 0.765 bits per heavy atom. The Bertz CT molecular complexity index is 374. The summed E-state index contributed by atoms with van der Waals surface area (Å²) in [5.41, 5.74) is 0.641. The van der Waals surface area contributed by atoms with Crippen LogP contribution in [0.1, 0.15) is 0 Å². The van der Waals surface area contributed by atoms with Crippen molar-refractivity contribution in [1.29, 1.82) is 0 Å². The molecular formula is C12H23BO2Si2. The SMILES string of the molecule is C[Si](C)(C)c1cc(B(O)O)cc([Si](C)(C)C)c1. The standard InChI is InChI=1S/C12H23BO2Si2/c1-16(2,3)11-7-10(13(14)15)8-12(9-11)17(4,5)6/h7-9,14-15H,1-6H3. The molecule has 0 bridgehead atoms. The van der Waals surface area contributed by atoms with Gasteiger partial charge in [-0.2, -0.15) is 0 Å². The van der Waals surface area contributed by atoms with E-state index in [-0.39, 0.29) is 0 Å². The Morgan fingerprint density at radius 2 is 1.12 bits per heavy atom. The highest BCUT2D eigenvalue weighted by molar-refractivity contribution is 6.92. The lowest BCUT2D eigenvalue weighted by Gasteiger charge is -2.24. The van der Waals surface area contributed by atoms with Crippen LogP contribution in [0.2, 0.25) is 39.3 Å². The van der Waals surface area contributed by atoms with E-state index in [0.29, 0.717) is 5.46 Å². The summed E-state index contributed by atoms with van der Waals surface area (Å²) in [5, 5.41) is 21.4. The fourth-order valence-electron chi connectivity index (χ4n) is 1.67. The molecule has 5 heteroatoms. The highest BCUT2D eigenvalue weighted by Gasteiger charge is 2.25. The zero-order valence-electron chi connectivity index (χ0n) is 11.7. The zero-order valence-corrected chi connectivity index (χ0v) is 13.7. The lowest BCUT2D eigenvalue weighted by atomic mass is 9.80. The smallest absolute Gasteiger partial charge is 0.423 e. The Balaban J connectivity index is 3.40. The van der Waals surface area contributed by atoms with Gasteiger partial charge in [-0.3, -0.25) is 0 Å². The maximum absolute atomic E-state index is 9.39. The molecule has 0 aromatic heterocycles. The Morgan fingerprint density at radius 3 is 1.35 bits per heavy atom. The normalized spacial score (nSPS) is 12.7. The summed E-state index contributed by atoms with van der Waals surface area (Å²) in [6.45, 7) is 13.7. The van der Waals surface area contributed by atoms with E-state index in [1.807, 2.05) is 12.1 Å². The van der Waals surface area contributed by atoms with E-state index in [1.54, 1.807) is 0 Å². The molecule has 2 N–H and O–H groups in total. The van der Waals surface area contributed by atoms with Crippen molar-refractivity contribution >= 4 is 39.1 Å². The molecule has 0 saturated carbocycles. The predicted octanol–water partition coefficient (Wildman–Crippen LogP) is 0.457. The van der Waals surface area contributed by atoms with E-state index < -0.39 is 23.3 Å².